The number of nitrogens with zero attached hydrogens (tertiary/aromatic N) is 1. The second kappa shape index (κ2) is 6.09. The summed E-state index contributed by atoms with van der Waals surface area (Å²) < 4.78 is 39.7. The second-order valence-corrected chi connectivity index (χ2v) is 4.86. The summed E-state index contributed by atoms with van der Waals surface area (Å²) in [5, 5.41) is 0. The molecule has 0 heterocycles. The number of hydrogen-bond donors (Lipinski definition) is 0. The van der Waals surface area contributed by atoms with Crippen molar-refractivity contribution in [3.63, 3.8) is 0 Å². The van der Waals surface area contributed by atoms with Gasteiger partial charge in [0.05, 0.1) is 0 Å². The molecule has 0 radical (unpaired) electrons. The molecular weight excluding hydrogens is 263 g/mol. The molecule has 0 N–H and O–H groups in total. The molecule has 0 bridgehead atoms. The summed E-state index contributed by atoms with van der Waals surface area (Å²) in [5.74, 6) is -1.95. The van der Waals surface area contributed by atoms with Crippen molar-refractivity contribution in [2.75, 3.05) is 7.05 Å². The molecule has 0 aliphatic heterocycles. The molecule has 1 nitrogen and oxygen atoms in total. The van der Waals surface area contributed by atoms with Crippen molar-refractivity contribution in [3.05, 3.63) is 71.0 Å². The van der Waals surface area contributed by atoms with Crippen LogP contribution >= 0.6 is 0 Å². The van der Waals surface area contributed by atoms with Gasteiger partial charge in [0, 0.05) is 18.2 Å². The minimum absolute atomic E-state index is 0.0294. The third kappa shape index (κ3) is 3.20. The lowest BCUT2D eigenvalue weighted by Crippen LogP contribution is -2.22. The lowest BCUT2D eigenvalue weighted by atomic mass is 10.1. The van der Waals surface area contributed by atoms with E-state index in [1.165, 1.54) is 18.2 Å². The van der Waals surface area contributed by atoms with Crippen molar-refractivity contribution in [2.24, 2.45) is 0 Å². The van der Waals surface area contributed by atoms with Crippen molar-refractivity contribution >= 4 is 0 Å². The highest BCUT2D eigenvalue weighted by molar-refractivity contribution is 5.21. The van der Waals surface area contributed by atoms with E-state index in [0.29, 0.717) is 5.56 Å². The van der Waals surface area contributed by atoms with Gasteiger partial charge in [0.15, 0.2) is 11.6 Å². The number of rotatable bonds is 4. The van der Waals surface area contributed by atoms with E-state index in [1.54, 1.807) is 18.2 Å². The minimum atomic E-state index is -0.842. The van der Waals surface area contributed by atoms with Crippen molar-refractivity contribution in [2.45, 2.75) is 19.5 Å². The lowest BCUT2D eigenvalue weighted by molar-refractivity contribution is 0.248. The number of benzene rings is 2. The van der Waals surface area contributed by atoms with Gasteiger partial charge in [-0.3, -0.25) is 4.90 Å². The van der Waals surface area contributed by atoms with Gasteiger partial charge in [-0.05, 0) is 37.7 Å². The van der Waals surface area contributed by atoms with Crippen molar-refractivity contribution in [3.8, 4) is 0 Å². The molecule has 2 aromatic rings. The molecule has 0 spiro atoms. The molecule has 0 saturated carbocycles. The van der Waals surface area contributed by atoms with Gasteiger partial charge in [0.25, 0.3) is 0 Å². The van der Waals surface area contributed by atoms with Crippen LogP contribution in [0.2, 0.25) is 0 Å². The molecule has 2 rings (SSSR count). The third-order valence-electron chi connectivity index (χ3n) is 3.46. The summed E-state index contributed by atoms with van der Waals surface area (Å²) >= 11 is 0. The molecule has 106 valence electrons. The van der Waals surface area contributed by atoms with E-state index in [-0.39, 0.29) is 18.4 Å². The van der Waals surface area contributed by atoms with Gasteiger partial charge in [-0.25, -0.2) is 13.2 Å². The zero-order chi connectivity index (χ0) is 14.7. The SMILES string of the molecule is CC(c1ccc(F)cc1)N(C)Cc1cccc(F)c1F. The van der Waals surface area contributed by atoms with Crippen LogP contribution in [0.25, 0.3) is 0 Å². The standard InChI is InChI=1S/C16H16F3N/c1-11(12-6-8-14(17)9-7-12)20(2)10-13-4-3-5-15(18)16(13)19/h3-9,11H,10H2,1-2H3. The Labute approximate surface area is 116 Å². The molecule has 0 fully saturated rings. The first-order valence-electron chi connectivity index (χ1n) is 6.37. The summed E-state index contributed by atoms with van der Waals surface area (Å²) in [7, 11) is 1.82. The van der Waals surface area contributed by atoms with Crippen LogP contribution in [-0.2, 0) is 6.54 Å². The first-order chi connectivity index (χ1) is 9.49. The molecular formula is C16H16F3N. The van der Waals surface area contributed by atoms with Crippen molar-refractivity contribution in [1.29, 1.82) is 0 Å². The van der Waals surface area contributed by atoms with Gasteiger partial charge in [-0.15, -0.1) is 0 Å². The number of hydrogen-bond acceptors (Lipinski definition) is 1. The largest absolute Gasteiger partial charge is 0.295 e. The van der Waals surface area contributed by atoms with Crippen LogP contribution in [0, 0.1) is 17.5 Å². The van der Waals surface area contributed by atoms with E-state index >= 15 is 0 Å². The second-order valence-electron chi connectivity index (χ2n) is 4.86. The van der Waals surface area contributed by atoms with Gasteiger partial charge < -0.3 is 0 Å². The molecule has 1 unspecified atom stereocenters. The monoisotopic (exact) mass is 279 g/mol. The van der Waals surface area contributed by atoms with E-state index in [4.69, 9.17) is 0 Å². The molecule has 0 aromatic heterocycles. The van der Waals surface area contributed by atoms with Crippen LogP contribution in [-0.4, -0.2) is 11.9 Å². The Hall–Kier alpha value is -1.81. The summed E-state index contributed by atoms with van der Waals surface area (Å²) in [6, 6.07) is 10.3. The predicted octanol–water partition coefficient (Wildman–Crippen LogP) is 4.30. The fraction of sp³-hybridized carbons (Fsp3) is 0.250. The molecule has 2 aromatic carbocycles. The average molecular weight is 279 g/mol. The van der Waals surface area contributed by atoms with E-state index in [9.17, 15) is 13.2 Å². The van der Waals surface area contributed by atoms with Crippen LogP contribution < -0.4 is 0 Å². The maximum absolute atomic E-state index is 13.6. The van der Waals surface area contributed by atoms with Crippen molar-refractivity contribution in [1.82, 2.24) is 4.90 Å². The molecule has 1 atom stereocenters. The van der Waals surface area contributed by atoms with Crippen LogP contribution in [0.5, 0.6) is 0 Å². The van der Waals surface area contributed by atoms with E-state index < -0.39 is 11.6 Å². The number of halogens is 3. The normalized spacial score (nSPS) is 12.7. The highest BCUT2D eigenvalue weighted by atomic mass is 19.2. The van der Waals surface area contributed by atoms with Gasteiger partial charge in [0.1, 0.15) is 5.82 Å². The zero-order valence-electron chi connectivity index (χ0n) is 11.4. The molecule has 0 amide bonds. The van der Waals surface area contributed by atoms with Crippen LogP contribution in [0.3, 0.4) is 0 Å². The lowest BCUT2D eigenvalue weighted by Gasteiger charge is -2.25. The average Bonchev–Trinajstić information content (AvgIpc) is 2.44. The van der Waals surface area contributed by atoms with Gasteiger partial charge in [-0.1, -0.05) is 24.3 Å². The summed E-state index contributed by atoms with van der Waals surface area (Å²) in [5.41, 5.74) is 1.23. The first kappa shape index (κ1) is 14.6. The summed E-state index contributed by atoms with van der Waals surface area (Å²) in [4.78, 5) is 1.88. The molecule has 20 heavy (non-hydrogen) atoms. The minimum Gasteiger partial charge on any atom is -0.295 e. The Kier molecular flexibility index (Phi) is 4.45. The first-order valence-corrected chi connectivity index (χ1v) is 6.37. The van der Waals surface area contributed by atoms with E-state index in [0.717, 1.165) is 11.6 Å². The maximum atomic E-state index is 13.6. The Morgan fingerprint density at radius 3 is 2.30 bits per heavy atom. The highest BCUT2D eigenvalue weighted by Gasteiger charge is 2.15. The quantitative estimate of drug-likeness (QED) is 0.806. The zero-order valence-corrected chi connectivity index (χ0v) is 11.4. The van der Waals surface area contributed by atoms with Gasteiger partial charge in [-0.2, -0.15) is 0 Å². The third-order valence-corrected chi connectivity index (χ3v) is 3.46. The van der Waals surface area contributed by atoms with E-state index in [1.807, 2.05) is 18.9 Å². The Morgan fingerprint density at radius 1 is 1.00 bits per heavy atom. The smallest absolute Gasteiger partial charge is 0.163 e. The molecule has 0 aliphatic carbocycles. The van der Waals surface area contributed by atoms with Crippen LogP contribution in [0.15, 0.2) is 42.5 Å². The summed E-state index contributed by atoms with van der Waals surface area (Å²) in [6.07, 6.45) is 0. The maximum Gasteiger partial charge on any atom is 0.163 e. The topological polar surface area (TPSA) is 3.24 Å². The van der Waals surface area contributed by atoms with E-state index in [2.05, 4.69) is 0 Å². The van der Waals surface area contributed by atoms with Gasteiger partial charge in [0.2, 0.25) is 0 Å². The molecule has 0 saturated heterocycles. The summed E-state index contributed by atoms with van der Waals surface area (Å²) in [6.45, 7) is 2.21. The highest BCUT2D eigenvalue weighted by Crippen LogP contribution is 2.22. The van der Waals surface area contributed by atoms with Crippen LogP contribution in [0.1, 0.15) is 24.1 Å². The fourth-order valence-electron chi connectivity index (χ4n) is 2.07. The molecule has 4 heteroatoms. The predicted molar refractivity (Wildman–Crippen MR) is 72.6 cm³/mol. The van der Waals surface area contributed by atoms with Crippen molar-refractivity contribution < 1.29 is 13.2 Å². The Bertz CT molecular complexity index is 581. The Balaban J connectivity index is 2.13. The fourth-order valence-corrected chi connectivity index (χ4v) is 2.07. The van der Waals surface area contributed by atoms with Crippen LogP contribution in [0.4, 0.5) is 13.2 Å². The molecule has 0 aliphatic rings. The Morgan fingerprint density at radius 2 is 1.65 bits per heavy atom. The van der Waals surface area contributed by atoms with Gasteiger partial charge >= 0.3 is 0 Å².